The fourth-order valence-corrected chi connectivity index (χ4v) is 3.47. The molecule has 2 aromatic rings. The molecule has 0 saturated carbocycles. The van der Waals surface area contributed by atoms with E-state index in [0.29, 0.717) is 22.6 Å². The van der Waals surface area contributed by atoms with Crippen molar-refractivity contribution in [2.75, 3.05) is 12.1 Å². The summed E-state index contributed by atoms with van der Waals surface area (Å²) in [4.78, 5) is 3.88. The van der Waals surface area contributed by atoms with E-state index in [9.17, 15) is 36.6 Å². The van der Waals surface area contributed by atoms with E-state index in [-0.39, 0.29) is 10.7 Å². The van der Waals surface area contributed by atoms with Crippen molar-refractivity contribution in [1.82, 2.24) is 10.4 Å². The van der Waals surface area contributed by atoms with Gasteiger partial charge in [0.05, 0.1) is 19.2 Å². The maximum atomic E-state index is 13.4. The van der Waals surface area contributed by atoms with E-state index in [4.69, 9.17) is 4.74 Å². The minimum absolute atomic E-state index is 0.163. The Morgan fingerprint density at radius 2 is 1.71 bits per heavy atom. The number of nitrogens with one attached hydrogen (secondary N) is 1. The number of anilines is 1. The van der Waals surface area contributed by atoms with E-state index < -0.39 is 35.4 Å². The highest BCUT2D eigenvalue weighted by atomic mass is 32.1. The third-order valence-corrected chi connectivity index (χ3v) is 4.99. The van der Waals surface area contributed by atoms with Gasteiger partial charge in [0.2, 0.25) is 10.9 Å². The minimum atomic E-state index is -5.51. The average Bonchev–Trinajstić information content (AvgIpc) is 3.17. The van der Waals surface area contributed by atoms with E-state index >= 15 is 0 Å². The second-order valence-electron chi connectivity index (χ2n) is 6.04. The van der Waals surface area contributed by atoms with Gasteiger partial charge in [0.25, 0.3) is 5.72 Å². The first kappa shape index (κ1) is 20.6. The Labute approximate surface area is 158 Å². The third-order valence-electron chi connectivity index (χ3n) is 4.16. The van der Waals surface area contributed by atoms with Gasteiger partial charge < -0.3 is 14.9 Å². The predicted molar refractivity (Wildman–Crippen MR) is 86.3 cm³/mol. The summed E-state index contributed by atoms with van der Waals surface area (Å²) in [5, 5.41) is 20.2. The molecule has 3 N–H and O–H groups in total. The zero-order chi connectivity index (χ0) is 21.0. The zero-order valence-electron chi connectivity index (χ0n) is 14.0. The fraction of sp³-hybridized carbons (Fsp3) is 0.400. The lowest BCUT2D eigenvalue weighted by atomic mass is 10.0. The van der Waals surface area contributed by atoms with Gasteiger partial charge in [-0.2, -0.15) is 31.8 Å². The van der Waals surface area contributed by atoms with Gasteiger partial charge in [-0.1, -0.05) is 0 Å². The number of hydrogen-bond acceptors (Lipinski definition) is 7. The number of aliphatic hydroxyl groups is 2. The molecule has 1 aliphatic rings. The Bertz CT molecular complexity index is 856. The van der Waals surface area contributed by atoms with E-state index in [1.54, 1.807) is 24.3 Å². The second-order valence-corrected chi connectivity index (χ2v) is 6.88. The molecule has 1 aromatic heterocycles. The first-order chi connectivity index (χ1) is 12.8. The Morgan fingerprint density at radius 3 is 2.21 bits per heavy atom. The summed E-state index contributed by atoms with van der Waals surface area (Å²) in [7, 11) is 1.44. The van der Waals surface area contributed by atoms with Crippen molar-refractivity contribution in [3.05, 3.63) is 29.6 Å². The third kappa shape index (κ3) is 3.27. The van der Waals surface area contributed by atoms with Crippen molar-refractivity contribution in [3.8, 4) is 17.0 Å². The van der Waals surface area contributed by atoms with Gasteiger partial charge in [-0.15, -0.1) is 11.3 Å². The van der Waals surface area contributed by atoms with E-state index in [1.807, 2.05) is 0 Å². The number of ether oxygens (including phenoxy) is 1. The number of methoxy groups -OCH3 is 1. The molecule has 0 aliphatic carbocycles. The SMILES string of the molecule is COc1ccc(-c2csc(N3N[C@@](O)(C(F)(F)F)C[C@]3(O)C(F)(F)F)n2)cc1. The van der Waals surface area contributed by atoms with Crippen LogP contribution in [0.3, 0.4) is 0 Å². The molecule has 2 atom stereocenters. The Hall–Kier alpha value is -2.09. The first-order valence-corrected chi connectivity index (χ1v) is 8.45. The number of halogens is 6. The van der Waals surface area contributed by atoms with Crippen LogP contribution < -0.4 is 15.2 Å². The van der Waals surface area contributed by atoms with Gasteiger partial charge in [-0.3, -0.25) is 0 Å². The van der Waals surface area contributed by atoms with Gasteiger partial charge in [0.1, 0.15) is 5.75 Å². The molecule has 1 aliphatic heterocycles. The number of hydrogen-bond donors (Lipinski definition) is 3. The van der Waals surface area contributed by atoms with Crippen LogP contribution in [-0.2, 0) is 0 Å². The van der Waals surface area contributed by atoms with Crippen molar-refractivity contribution in [2.24, 2.45) is 0 Å². The number of hydrazine groups is 1. The monoisotopic (exact) mass is 429 g/mol. The molecule has 0 unspecified atom stereocenters. The topological polar surface area (TPSA) is 77.9 Å². The highest BCUT2D eigenvalue weighted by Crippen LogP contribution is 2.49. The summed E-state index contributed by atoms with van der Waals surface area (Å²) in [5.41, 5.74) is -6.05. The molecule has 1 saturated heterocycles. The van der Waals surface area contributed by atoms with E-state index in [0.717, 1.165) is 0 Å². The maximum Gasteiger partial charge on any atom is 0.438 e. The summed E-state index contributed by atoms with van der Waals surface area (Å²) in [6.07, 6.45) is -13.1. The summed E-state index contributed by atoms with van der Waals surface area (Å²) < 4.78 is 84.3. The molecule has 154 valence electrons. The average molecular weight is 429 g/mol. The molecule has 0 radical (unpaired) electrons. The largest absolute Gasteiger partial charge is 0.497 e. The lowest BCUT2D eigenvalue weighted by Crippen LogP contribution is -2.59. The Morgan fingerprint density at radius 1 is 1.11 bits per heavy atom. The van der Waals surface area contributed by atoms with Crippen LogP contribution in [0.2, 0.25) is 0 Å². The highest BCUT2D eigenvalue weighted by molar-refractivity contribution is 7.14. The standard InChI is InChI=1S/C15H13F6N3O3S/c1-27-9-4-2-8(3-5-9)10-6-28-11(22-10)24-13(26,15(19,20)21)7-12(25,23-24)14(16,17)18/h2-6,23,25-26H,7H2,1H3/t12-,13-/m0/s1. The highest BCUT2D eigenvalue weighted by Gasteiger charge is 2.73. The Balaban J connectivity index is 1.99. The molecule has 6 nitrogen and oxygen atoms in total. The molecule has 28 heavy (non-hydrogen) atoms. The summed E-state index contributed by atoms with van der Waals surface area (Å²) >= 11 is 0.564. The summed E-state index contributed by atoms with van der Waals surface area (Å²) in [6.45, 7) is 0. The van der Waals surface area contributed by atoms with Crippen LogP contribution in [0, 0.1) is 0 Å². The Kier molecular flexibility index (Phi) is 4.77. The number of alkyl halides is 6. The molecule has 1 aromatic carbocycles. The number of thiazole rings is 1. The molecule has 0 amide bonds. The number of rotatable bonds is 3. The normalized spacial score (nSPS) is 26.0. The van der Waals surface area contributed by atoms with E-state index in [2.05, 4.69) is 4.98 Å². The first-order valence-electron chi connectivity index (χ1n) is 7.57. The van der Waals surface area contributed by atoms with Gasteiger partial charge >= 0.3 is 12.4 Å². The molecular formula is C15H13F6N3O3S. The smallest absolute Gasteiger partial charge is 0.438 e. The molecule has 0 spiro atoms. The van der Waals surface area contributed by atoms with Gasteiger partial charge in [-0.25, -0.2) is 9.99 Å². The quantitative estimate of drug-likeness (QED) is 0.652. The van der Waals surface area contributed by atoms with Crippen LogP contribution >= 0.6 is 11.3 Å². The summed E-state index contributed by atoms with van der Waals surface area (Å²) in [6, 6.07) is 6.24. The lowest BCUT2D eigenvalue weighted by Gasteiger charge is -2.33. The minimum Gasteiger partial charge on any atom is -0.497 e. The predicted octanol–water partition coefficient (Wildman–Crippen LogP) is 3.04. The number of nitrogens with zero attached hydrogens (tertiary/aromatic N) is 2. The molecule has 13 heteroatoms. The van der Waals surface area contributed by atoms with Crippen molar-refractivity contribution in [3.63, 3.8) is 0 Å². The molecule has 2 heterocycles. The van der Waals surface area contributed by atoms with Crippen molar-refractivity contribution in [2.45, 2.75) is 30.2 Å². The molecular weight excluding hydrogens is 416 g/mol. The molecule has 3 rings (SSSR count). The van der Waals surface area contributed by atoms with Gasteiger partial charge in [0.15, 0.2) is 0 Å². The fourth-order valence-electron chi connectivity index (χ4n) is 2.61. The van der Waals surface area contributed by atoms with Crippen LogP contribution in [-0.4, -0.2) is 46.1 Å². The second kappa shape index (κ2) is 6.47. The van der Waals surface area contributed by atoms with Crippen LogP contribution in [0.1, 0.15) is 6.42 Å². The molecule has 0 bridgehead atoms. The van der Waals surface area contributed by atoms with Crippen LogP contribution in [0.25, 0.3) is 11.3 Å². The lowest BCUT2D eigenvalue weighted by molar-refractivity contribution is -0.291. The van der Waals surface area contributed by atoms with E-state index in [1.165, 1.54) is 17.9 Å². The van der Waals surface area contributed by atoms with Crippen molar-refractivity contribution in [1.29, 1.82) is 0 Å². The number of benzene rings is 1. The molecule has 1 fully saturated rings. The van der Waals surface area contributed by atoms with Gasteiger partial charge in [0, 0.05) is 10.9 Å². The maximum absolute atomic E-state index is 13.4. The van der Waals surface area contributed by atoms with Crippen molar-refractivity contribution < 1.29 is 41.3 Å². The van der Waals surface area contributed by atoms with Crippen LogP contribution in [0.5, 0.6) is 5.75 Å². The summed E-state index contributed by atoms with van der Waals surface area (Å²) in [5.74, 6) is 0.516. The van der Waals surface area contributed by atoms with Crippen LogP contribution in [0.4, 0.5) is 31.5 Å². The van der Waals surface area contributed by atoms with Crippen molar-refractivity contribution >= 4 is 16.5 Å². The van der Waals surface area contributed by atoms with Gasteiger partial charge in [-0.05, 0) is 24.3 Å². The zero-order valence-corrected chi connectivity index (χ0v) is 14.8. The number of aromatic nitrogens is 1. The van der Waals surface area contributed by atoms with Crippen LogP contribution in [0.15, 0.2) is 29.6 Å².